The van der Waals surface area contributed by atoms with Gasteiger partial charge in [0.2, 0.25) is 0 Å². The molecule has 3 aromatic rings. The minimum absolute atomic E-state index is 0.0136. The summed E-state index contributed by atoms with van der Waals surface area (Å²) in [5.41, 5.74) is 3.17. The molecule has 0 spiro atoms. The highest BCUT2D eigenvalue weighted by molar-refractivity contribution is 7.92. The predicted molar refractivity (Wildman–Crippen MR) is 128 cm³/mol. The number of hydrogen-bond donors (Lipinski definition) is 1. The van der Waals surface area contributed by atoms with Crippen molar-refractivity contribution >= 4 is 39.4 Å². The van der Waals surface area contributed by atoms with Crippen molar-refractivity contribution in [2.24, 2.45) is 5.10 Å². The Bertz CT molecular complexity index is 1250. The first-order chi connectivity index (χ1) is 15.8. The maximum atomic E-state index is 13.4. The molecule has 0 saturated heterocycles. The number of carbonyl (C=O) groups is 1. The molecule has 10 heteroatoms. The van der Waals surface area contributed by atoms with E-state index in [0.29, 0.717) is 11.3 Å². The van der Waals surface area contributed by atoms with Crippen LogP contribution < -0.4 is 19.2 Å². The smallest absolute Gasteiger partial charge is 0.264 e. The Balaban J connectivity index is 1.89. The summed E-state index contributed by atoms with van der Waals surface area (Å²) in [4.78, 5) is 12.7. The molecule has 33 heavy (non-hydrogen) atoms. The van der Waals surface area contributed by atoms with Crippen LogP contribution >= 0.6 is 11.6 Å². The number of rotatable bonds is 9. The van der Waals surface area contributed by atoms with E-state index in [1.54, 1.807) is 55.6 Å². The van der Waals surface area contributed by atoms with Crippen LogP contribution in [0.4, 0.5) is 5.69 Å². The normalized spacial score (nSPS) is 11.2. The van der Waals surface area contributed by atoms with E-state index >= 15 is 0 Å². The van der Waals surface area contributed by atoms with Gasteiger partial charge in [0.15, 0.2) is 0 Å². The second-order valence-electron chi connectivity index (χ2n) is 6.71. The van der Waals surface area contributed by atoms with E-state index in [-0.39, 0.29) is 21.4 Å². The van der Waals surface area contributed by atoms with Crippen molar-refractivity contribution in [1.29, 1.82) is 0 Å². The van der Waals surface area contributed by atoms with Crippen molar-refractivity contribution in [2.75, 3.05) is 25.1 Å². The monoisotopic (exact) mass is 487 g/mol. The number of ether oxygens (including phenoxy) is 2. The molecule has 1 amide bonds. The Hall–Kier alpha value is -3.56. The van der Waals surface area contributed by atoms with E-state index in [0.717, 1.165) is 4.31 Å². The van der Waals surface area contributed by atoms with E-state index in [1.165, 1.54) is 37.6 Å². The molecule has 0 aliphatic rings. The number of sulfonamides is 1. The van der Waals surface area contributed by atoms with Crippen LogP contribution in [0.2, 0.25) is 5.02 Å². The number of hydrazone groups is 1. The Labute approximate surface area is 197 Å². The lowest BCUT2D eigenvalue weighted by molar-refractivity contribution is -0.119. The number of halogens is 1. The first-order valence-corrected chi connectivity index (χ1v) is 11.5. The number of methoxy groups -OCH3 is 2. The van der Waals surface area contributed by atoms with Crippen molar-refractivity contribution in [2.45, 2.75) is 4.90 Å². The van der Waals surface area contributed by atoms with Gasteiger partial charge in [0.1, 0.15) is 18.0 Å². The van der Waals surface area contributed by atoms with Gasteiger partial charge in [-0.15, -0.1) is 0 Å². The van der Waals surface area contributed by atoms with Gasteiger partial charge in [0.25, 0.3) is 15.9 Å². The maximum absolute atomic E-state index is 13.4. The number of benzene rings is 3. The fourth-order valence-electron chi connectivity index (χ4n) is 2.94. The van der Waals surface area contributed by atoms with Crippen LogP contribution in [0.5, 0.6) is 11.5 Å². The lowest BCUT2D eigenvalue weighted by Crippen LogP contribution is -2.39. The van der Waals surface area contributed by atoms with Crippen LogP contribution in [-0.2, 0) is 14.8 Å². The van der Waals surface area contributed by atoms with Gasteiger partial charge >= 0.3 is 0 Å². The van der Waals surface area contributed by atoms with Crippen molar-refractivity contribution in [3.05, 3.63) is 83.4 Å². The summed E-state index contributed by atoms with van der Waals surface area (Å²) in [6, 6.07) is 19.4. The van der Waals surface area contributed by atoms with Crippen LogP contribution in [0.3, 0.4) is 0 Å². The summed E-state index contributed by atoms with van der Waals surface area (Å²) in [6.45, 7) is -0.552. The molecule has 3 rings (SSSR count). The van der Waals surface area contributed by atoms with Crippen molar-refractivity contribution < 1.29 is 22.7 Å². The van der Waals surface area contributed by atoms with Crippen molar-refractivity contribution in [1.82, 2.24) is 5.43 Å². The quantitative estimate of drug-likeness (QED) is 0.366. The zero-order valence-corrected chi connectivity index (χ0v) is 19.5. The molecule has 0 bridgehead atoms. The topological polar surface area (TPSA) is 97.3 Å². The SMILES string of the molecule is COc1cccc(/C=N\NC(=O)CN(c2cc(Cl)ccc2OC)S(=O)(=O)c2ccccc2)c1. The lowest BCUT2D eigenvalue weighted by atomic mass is 10.2. The Kier molecular flexibility index (Phi) is 7.92. The molecule has 1 N–H and O–H groups in total. The average molecular weight is 488 g/mol. The summed E-state index contributed by atoms with van der Waals surface area (Å²) in [5, 5.41) is 4.21. The largest absolute Gasteiger partial charge is 0.497 e. The third-order valence-electron chi connectivity index (χ3n) is 4.52. The number of hydrogen-bond acceptors (Lipinski definition) is 6. The van der Waals surface area contributed by atoms with Crippen LogP contribution in [-0.4, -0.2) is 41.3 Å². The Morgan fingerprint density at radius 1 is 1.03 bits per heavy atom. The lowest BCUT2D eigenvalue weighted by Gasteiger charge is -2.25. The molecule has 0 aliphatic heterocycles. The second kappa shape index (κ2) is 10.8. The molecule has 0 aliphatic carbocycles. The summed E-state index contributed by atoms with van der Waals surface area (Å²) in [6.07, 6.45) is 1.43. The number of carbonyl (C=O) groups excluding carboxylic acids is 1. The second-order valence-corrected chi connectivity index (χ2v) is 9.01. The van der Waals surface area contributed by atoms with Gasteiger partial charge < -0.3 is 9.47 Å². The number of nitrogens with zero attached hydrogens (tertiary/aromatic N) is 2. The van der Waals surface area contributed by atoms with Crippen LogP contribution in [0.1, 0.15) is 5.56 Å². The molecule has 0 fully saturated rings. The van der Waals surface area contributed by atoms with E-state index in [4.69, 9.17) is 21.1 Å². The first-order valence-electron chi connectivity index (χ1n) is 9.72. The van der Waals surface area contributed by atoms with Gasteiger partial charge in [-0.3, -0.25) is 9.10 Å². The Morgan fingerprint density at radius 3 is 2.48 bits per heavy atom. The average Bonchev–Trinajstić information content (AvgIpc) is 2.83. The maximum Gasteiger partial charge on any atom is 0.264 e. The molecule has 172 valence electrons. The molecule has 0 radical (unpaired) electrons. The molecule has 0 unspecified atom stereocenters. The zero-order chi connectivity index (χ0) is 23.8. The highest BCUT2D eigenvalue weighted by Crippen LogP contribution is 2.34. The number of nitrogens with one attached hydrogen (secondary N) is 1. The fraction of sp³-hybridized carbons (Fsp3) is 0.130. The Morgan fingerprint density at radius 2 is 1.79 bits per heavy atom. The van der Waals surface area contributed by atoms with Gasteiger partial charge in [-0.2, -0.15) is 5.10 Å². The van der Waals surface area contributed by atoms with E-state index < -0.39 is 22.5 Å². The molecule has 8 nitrogen and oxygen atoms in total. The van der Waals surface area contributed by atoms with Gasteiger partial charge in [0.05, 0.1) is 31.0 Å². The molecule has 0 heterocycles. The van der Waals surface area contributed by atoms with Crippen LogP contribution in [0.25, 0.3) is 0 Å². The highest BCUT2D eigenvalue weighted by atomic mass is 35.5. The summed E-state index contributed by atoms with van der Waals surface area (Å²) < 4.78 is 38.2. The number of amides is 1. The third-order valence-corrected chi connectivity index (χ3v) is 6.53. The predicted octanol–water partition coefficient (Wildman–Crippen LogP) is 3.70. The van der Waals surface area contributed by atoms with Gasteiger partial charge in [-0.05, 0) is 48.0 Å². The first kappa shape index (κ1) is 24.1. The van der Waals surface area contributed by atoms with E-state index in [1.807, 2.05) is 0 Å². The molecular formula is C23H22ClN3O5S. The van der Waals surface area contributed by atoms with Crippen LogP contribution in [0.15, 0.2) is 82.8 Å². The summed E-state index contributed by atoms with van der Waals surface area (Å²) in [7, 11) is -1.17. The van der Waals surface area contributed by atoms with Gasteiger partial charge in [-0.1, -0.05) is 41.9 Å². The van der Waals surface area contributed by atoms with Crippen molar-refractivity contribution in [3.63, 3.8) is 0 Å². The summed E-state index contributed by atoms with van der Waals surface area (Å²) >= 11 is 6.12. The van der Waals surface area contributed by atoms with E-state index in [2.05, 4.69) is 10.5 Å². The molecule has 0 saturated carbocycles. The molecule has 0 atom stereocenters. The number of anilines is 1. The molecule has 3 aromatic carbocycles. The fourth-order valence-corrected chi connectivity index (χ4v) is 4.55. The minimum atomic E-state index is -4.12. The zero-order valence-electron chi connectivity index (χ0n) is 17.9. The molecular weight excluding hydrogens is 466 g/mol. The van der Waals surface area contributed by atoms with Crippen molar-refractivity contribution in [3.8, 4) is 11.5 Å². The van der Waals surface area contributed by atoms with Gasteiger partial charge in [0, 0.05) is 5.02 Å². The highest BCUT2D eigenvalue weighted by Gasteiger charge is 2.29. The van der Waals surface area contributed by atoms with Crippen LogP contribution in [0, 0.1) is 0 Å². The van der Waals surface area contributed by atoms with E-state index in [9.17, 15) is 13.2 Å². The molecule has 0 aromatic heterocycles. The minimum Gasteiger partial charge on any atom is -0.497 e. The summed E-state index contributed by atoms with van der Waals surface area (Å²) in [5.74, 6) is 0.223. The standard InChI is InChI=1S/C23H22ClN3O5S/c1-31-19-8-6-7-17(13-19)15-25-26-23(28)16-27(21-14-18(24)11-12-22(21)32-2)33(29,30)20-9-4-3-5-10-20/h3-15H,16H2,1-2H3,(H,26,28)/b25-15-. The van der Waals surface area contributed by atoms with Gasteiger partial charge in [-0.25, -0.2) is 13.8 Å². The third kappa shape index (κ3) is 6.03.